The summed E-state index contributed by atoms with van der Waals surface area (Å²) in [5.41, 5.74) is 0.680. The average molecular weight is 938 g/mol. The third-order valence-electron chi connectivity index (χ3n) is 12.3. The highest BCUT2D eigenvalue weighted by atomic mass is 16.5. The number of aliphatic hydroxyl groups is 1. The molecule has 8 heteroatoms. The number of unbranched alkanes of at least 4 members (excludes halogenated alkanes) is 24. The molecule has 0 bridgehead atoms. The Balaban J connectivity index is -0.000000529. The molecule has 0 aromatic heterocycles. The molecule has 0 saturated carbocycles. The van der Waals surface area contributed by atoms with Crippen molar-refractivity contribution in [2.75, 3.05) is 38.6 Å². The number of nitrogens with zero attached hydrogens (tertiary/aromatic N) is 2. The third kappa shape index (κ3) is 47.0. The number of hydrogen-bond acceptors (Lipinski definition) is 8. The molecule has 1 unspecified atom stereocenters. The molecule has 1 aromatic rings. The molecule has 0 heterocycles. The molecule has 0 aliphatic carbocycles. The maximum Gasteiger partial charge on any atom is 0.306 e. The predicted molar refractivity (Wildman–Crippen MR) is 291 cm³/mol. The van der Waals surface area contributed by atoms with Gasteiger partial charge in [-0.05, 0) is 85.4 Å². The predicted octanol–water partition coefficient (Wildman–Crippen LogP) is 16.2. The van der Waals surface area contributed by atoms with E-state index in [2.05, 4.69) is 65.4 Å². The highest BCUT2D eigenvalue weighted by Crippen LogP contribution is 2.19. The van der Waals surface area contributed by atoms with Crippen LogP contribution in [0, 0.1) is 6.92 Å². The Morgan fingerprint density at radius 2 is 0.833 bits per heavy atom. The van der Waals surface area contributed by atoms with Gasteiger partial charge in [0.25, 0.3) is 0 Å². The Morgan fingerprint density at radius 3 is 1.24 bits per heavy atom. The van der Waals surface area contributed by atoms with E-state index < -0.39 is 0 Å². The minimum Gasteiger partial charge on any atom is -0.462 e. The number of aliphatic hydroxyl groups excluding tert-OH is 1. The van der Waals surface area contributed by atoms with Gasteiger partial charge in [-0.2, -0.15) is 0 Å². The van der Waals surface area contributed by atoms with Gasteiger partial charge in [0, 0.05) is 25.1 Å². The van der Waals surface area contributed by atoms with Crippen molar-refractivity contribution in [3.05, 3.63) is 26.0 Å². The highest BCUT2D eigenvalue weighted by Gasteiger charge is 2.22. The summed E-state index contributed by atoms with van der Waals surface area (Å²) in [6, 6.07) is 0. The number of anilines is 1. The van der Waals surface area contributed by atoms with Crippen molar-refractivity contribution in [2.24, 2.45) is 0 Å². The van der Waals surface area contributed by atoms with Crippen molar-refractivity contribution in [1.82, 2.24) is 4.90 Å². The monoisotopic (exact) mass is 937 g/mol. The van der Waals surface area contributed by atoms with Crippen molar-refractivity contribution >= 4 is 18.4 Å². The Morgan fingerprint density at radius 1 is 0.485 bits per heavy atom. The van der Waals surface area contributed by atoms with Gasteiger partial charge >= 0.3 is 5.97 Å². The van der Waals surface area contributed by atoms with Crippen LogP contribution < -0.4 is 15.8 Å². The molecule has 0 spiro atoms. The summed E-state index contributed by atoms with van der Waals surface area (Å²) < 4.78 is 5.76. The van der Waals surface area contributed by atoms with Crippen LogP contribution in [0.15, 0.2) is 9.59 Å². The third-order valence-corrected chi connectivity index (χ3v) is 12.3. The van der Waals surface area contributed by atoms with E-state index in [4.69, 9.17) is 9.53 Å². The first-order valence-corrected chi connectivity index (χ1v) is 28.4. The SMILES string of the molecule is C=O.CC.CCCCCCCCC(O)CCCCCCCC.CCCCCCCCN(CCCCCCCC(=O)OC(CCC)CCCCCC)c1c(C)c(=O)c1=O.CCCCCN(C)C. The zero-order valence-corrected chi connectivity index (χ0v) is 46.3. The van der Waals surface area contributed by atoms with Crippen LogP contribution >= 0.6 is 0 Å². The van der Waals surface area contributed by atoms with E-state index in [9.17, 15) is 19.5 Å². The fraction of sp³-hybridized carbons (Fsp3) is 0.897. The van der Waals surface area contributed by atoms with Crippen LogP contribution in [-0.4, -0.2) is 68.7 Å². The van der Waals surface area contributed by atoms with Gasteiger partial charge in [-0.15, -0.1) is 0 Å². The molecule has 8 nitrogen and oxygen atoms in total. The molecule has 1 aromatic carbocycles. The van der Waals surface area contributed by atoms with Crippen molar-refractivity contribution in [3.63, 3.8) is 0 Å². The van der Waals surface area contributed by atoms with Crippen LogP contribution in [-0.2, 0) is 14.3 Å². The number of esters is 1. The molecule has 1 atom stereocenters. The molecule has 0 radical (unpaired) electrons. The van der Waals surface area contributed by atoms with Crippen LogP contribution in [0.25, 0.3) is 0 Å². The van der Waals surface area contributed by atoms with E-state index in [0.717, 1.165) is 90.1 Å². The second-order valence-electron chi connectivity index (χ2n) is 18.9. The summed E-state index contributed by atoms with van der Waals surface area (Å²) in [5, 5.41) is 9.85. The largest absolute Gasteiger partial charge is 0.462 e. The standard InChI is InChI=1S/C31H55NO4.C17H36O.C7H17N.C2H6.CH2O/c1-5-8-10-12-15-19-24-32(29-26(4)30(34)31(29)35)25-20-16-13-14-18-23-28(33)36-27(21-7-3)22-17-11-9-6-2;1-3-5-7-9-11-13-15-17(18)16-14-12-10-8-6-4-2;1-4-5-6-7-8(2)3;2*1-2/h27H,5-25H2,1-4H3;17-18H,3-16H2,1-2H3;4-7H2,1-3H3;1-2H3;1H2. The first kappa shape index (κ1) is 70.5. The molecular weight excluding hydrogens is 821 g/mol. The lowest BCUT2D eigenvalue weighted by Gasteiger charge is -2.27. The first-order chi connectivity index (χ1) is 32.0. The summed E-state index contributed by atoms with van der Waals surface area (Å²) in [6.07, 6.45) is 42.9. The summed E-state index contributed by atoms with van der Waals surface area (Å²) in [4.78, 5) is 48.6. The van der Waals surface area contributed by atoms with Crippen molar-refractivity contribution in [1.29, 1.82) is 0 Å². The fourth-order valence-electron chi connectivity index (χ4n) is 8.17. The van der Waals surface area contributed by atoms with Crippen LogP contribution in [0.1, 0.15) is 292 Å². The lowest BCUT2D eigenvalue weighted by molar-refractivity contribution is -0.150. The van der Waals surface area contributed by atoms with Gasteiger partial charge in [-0.1, -0.05) is 222 Å². The zero-order chi connectivity index (χ0) is 50.5. The number of rotatable bonds is 42. The van der Waals surface area contributed by atoms with E-state index in [1.807, 2.05) is 20.6 Å². The summed E-state index contributed by atoms with van der Waals surface area (Å²) >= 11 is 0. The van der Waals surface area contributed by atoms with Crippen molar-refractivity contribution in [2.45, 2.75) is 306 Å². The molecule has 0 saturated heterocycles. The van der Waals surface area contributed by atoms with Crippen LogP contribution in [0.4, 0.5) is 5.69 Å². The summed E-state index contributed by atoms with van der Waals surface area (Å²) in [7, 11) is 4.24. The quantitative estimate of drug-likeness (QED) is 0.0393. The molecule has 66 heavy (non-hydrogen) atoms. The van der Waals surface area contributed by atoms with Gasteiger partial charge in [-0.3, -0.25) is 14.4 Å². The van der Waals surface area contributed by atoms with Crippen LogP contribution in [0.2, 0.25) is 0 Å². The minimum atomic E-state index is -0.313. The summed E-state index contributed by atoms with van der Waals surface area (Å²) in [5.74, 6) is -0.0374. The molecule has 0 aliphatic heterocycles. The Labute approximate surface area is 411 Å². The van der Waals surface area contributed by atoms with Crippen LogP contribution in [0.5, 0.6) is 0 Å². The second kappa shape index (κ2) is 57.3. The van der Waals surface area contributed by atoms with Gasteiger partial charge in [-0.25, -0.2) is 0 Å². The molecule has 394 valence electrons. The highest BCUT2D eigenvalue weighted by molar-refractivity contribution is 5.69. The average Bonchev–Trinajstić information content (AvgIpc) is 3.32. The van der Waals surface area contributed by atoms with E-state index in [-0.39, 0.29) is 29.0 Å². The van der Waals surface area contributed by atoms with E-state index in [1.165, 1.54) is 154 Å². The lowest BCUT2D eigenvalue weighted by atomic mass is 10.0. The van der Waals surface area contributed by atoms with E-state index in [1.54, 1.807) is 6.92 Å². The van der Waals surface area contributed by atoms with Gasteiger partial charge in [0.05, 0.1) is 11.8 Å². The maximum absolute atomic E-state index is 12.3. The minimum absolute atomic E-state index is 0.0256. The zero-order valence-electron chi connectivity index (χ0n) is 46.3. The van der Waals surface area contributed by atoms with Gasteiger partial charge in [0.1, 0.15) is 12.9 Å². The maximum atomic E-state index is 12.3. The number of hydrogen-bond donors (Lipinski definition) is 1. The molecule has 0 amide bonds. The Hall–Kier alpha value is -2.06. The van der Waals surface area contributed by atoms with E-state index >= 15 is 0 Å². The van der Waals surface area contributed by atoms with Crippen LogP contribution in [0.3, 0.4) is 0 Å². The number of ether oxygens (including phenoxy) is 1. The Kier molecular flexibility index (Phi) is 61.2. The topological polar surface area (TPSA) is 104 Å². The van der Waals surface area contributed by atoms with Gasteiger partial charge in [0.2, 0.25) is 10.9 Å². The first-order valence-electron chi connectivity index (χ1n) is 28.4. The smallest absolute Gasteiger partial charge is 0.306 e. The molecule has 1 rings (SSSR count). The molecule has 1 N–H and O–H groups in total. The normalized spacial score (nSPS) is 11.2. The van der Waals surface area contributed by atoms with E-state index in [0.29, 0.717) is 17.7 Å². The molecular formula is C58H116N2O6. The van der Waals surface area contributed by atoms with Gasteiger partial charge in [0.15, 0.2) is 0 Å². The summed E-state index contributed by atoms with van der Waals surface area (Å²) in [6.45, 7) is 24.0. The number of carbonyl (C=O) groups excluding carboxylic acids is 2. The fourth-order valence-corrected chi connectivity index (χ4v) is 8.17. The number of carbonyl (C=O) groups is 2. The second-order valence-corrected chi connectivity index (χ2v) is 18.9. The molecule has 0 aliphatic rings. The lowest BCUT2D eigenvalue weighted by Crippen LogP contribution is -2.43. The Bertz CT molecular complexity index is 1150. The van der Waals surface area contributed by atoms with Gasteiger partial charge < -0.3 is 24.4 Å². The van der Waals surface area contributed by atoms with Crippen molar-refractivity contribution in [3.8, 4) is 0 Å². The molecule has 0 fully saturated rings. The van der Waals surface area contributed by atoms with Crippen molar-refractivity contribution < 1.29 is 19.4 Å².